The van der Waals surface area contributed by atoms with Gasteiger partial charge in [0.2, 0.25) is 5.91 Å². The molecule has 2 heterocycles. The van der Waals surface area contributed by atoms with Crippen molar-refractivity contribution in [2.75, 3.05) is 65.4 Å². The van der Waals surface area contributed by atoms with Gasteiger partial charge < -0.3 is 135 Å². The first-order valence-corrected chi connectivity index (χ1v) is 35.8. The quantitative estimate of drug-likeness (QED) is 0.0164. The summed E-state index contributed by atoms with van der Waals surface area (Å²) in [6, 6.07) is 6.36. The number of nitrogens with one attached hydrogen (secondary N) is 18. The Kier molecular flexibility index (Phi) is 38.3. The molecule has 0 unspecified atom stereocenters. The van der Waals surface area contributed by atoms with Crippen LogP contribution in [0.3, 0.4) is 0 Å². The van der Waals surface area contributed by atoms with E-state index in [4.69, 9.17) is 40.1 Å². The van der Waals surface area contributed by atoms with Crippen molar-refractivity contribution in [2.24, 2.45) is 72.9 Å². The van der Waals surface area contributed by atoms with E-state index in [0.717, 1.165) is 32.9 Å². The number of guanidine groups is 3. The molecular weight excluding hydrogens is 1350 g/mol. The zero-order valence-electron chi connectivity index (χ0n) is 61.9. The number of H-pyrrole nitrogens is 2. The minimum atomic E-state index is -0.692. The molecule has 0 radical (unpaired) electrons. The third-order valence-electron chi connectivity index (χ3n) is 17.0. The van der Waals surface area contributed by atoms with Crippen LogP contribution in [-0.2, 0) is 17.6 Å². The van der Waals surface area contributed by atoms with Crippen LogP contribution in [0.5, 0.6) is 0 Å². The first-order chi connectivity index (χ1) is 49.9. The lowest BCUT2D eigenvalue weighted by molar-refractivity contribution is -0.118. The number of aromatic amines is 2. The SMILES string of the molecule is CC(C)NC(=O)N[C@H](CNC(=O)N[C@@H](CCCN=C(N)N)CNC(=O)N[C@H](CNC(=O)N[C@H](CNC(=O)N[C@@H](CCCN=C(N)N)CNC(=O)N[C@H](CNC(=O)N[C@@H](CCCN=C(N)N)CNC(=O)N[C@H](CCC(N)=O)C(C)C)Cc1c[nH]c2ccccc12)C(C)C)Cc1c[nH]c2ccccc12)C(C)C. The molecule has 584 valence electrons. The molecule has 37 nitrogen and oxygen atoms in total. The maximum absolute atomic E-state index is 14.0. The third-order valence-corrected chi connectivity index (χ3v) is 17.0. The highest BCUT2D eigenvalue weighted by Gasteiger charge is 2.26. The van der Waals surface area contributed by atoms with E-state index in [1.807, 2.05) is 116 Å². The number of aromatic nitrogens is 2. The number of hydrogen-bond donors (Lipinski definition) is 25. The Balaban J connectivity index is 1.42. The van der Waals surface area contributed by atoms with Crippen LogP contribution in [0.4, 0.5) is 38.4 Å². The highest BCUT2D eigenvalue weighted by Crippen LogP contribution is 2.21. The number of aliphatic imine (C=N–C) groups is 3. The number of amides is 17. The second kappa shape index (κ2) is 46.5. The molecule has 0 saturated heterocycles. The molecule has 4 rings (SSSR count). The summed E-state index contributed by atoms with van der Waals surface area (Å²) in [6.07, 6.45) is 7.06. The van der Waals surface area contributed by atoms with Crippen LogP contribution in [0.2, 0.25) is 0 Å². The third kappa shape index (κ3) is 36.1. The minimum absolute atomic E-state index is 0.000502. The van der Waals surface area contributed by atoms with E-state index in [1.165, 1.54) is 0 Å². The lowest BCUT2D eigenvalue weighted by Gasteiger charge is -2.26. The summed E-state index contributed by atoms with van der Waals surface area (Å²) in [5.41, 5.74) is 42.3. The van der Waals surface area contributed by atoms with Crippen LogP contribution in [0, 0.1) is 17.8 Å². The van der Waals surface area contributed by atoms with E-state index < -0.39 is 84.4 Å². The summed E-state index contributed by atoms with van der Waals surface area (Å²) in [7, 11) is 0. The van der Waals surface area contributed by atoms with Crippen LogP contribution >= 0.6 is 0 Å². The zero-order chi connectivity index (χ0) is 77.4. The Labute approximate surface area is 614 Å². The molecule has 32 N–H and O–H groups in total. The average molecular weight is 1470 g/mol. The number of primary amides is 1. The van der Waals surface area contributed by atoms with Crippen molar-refractivity contribution < 1.29 is 43.2 Å². The van der Waals surface area contributed by atoms with Crippen molar-refractivity contribution in [1.29, 1.82) is 0 Å². The van der Waals surface area contributed by atoms with Crippen LogP contribution in [0.1, 0.15) is 118 Å². The van der Waals surface area contributed by atoms with Crippen molar-refractivity contribution in [2.45, 2.75) is 174 Å². The summed E-state index contributed by atoms with van der Waals surface area (Å²) in [6.45, 7) is 15.8. The van der Waals surface area contributed by atoms with Crippen LogP contribution in [-0.4, -0.2) is 202 Å². The summed E-state index contributed by atoms with van der Waals surface area (Å²) in [4.78, 5) is 138. The van der Waals surface area contributed by atoms with Crippen molar-refractivity contribution >= 4 is 93.8 Å². The van der Waals surface area contributed by atoms with Gasteiger partial charge in [-0.25, -0.2) is 38.4 Å². The fourth-order valence-electron chi connectivity index (χ4n) is 11.1. The number of carbonyl (C=O) groups is 9. The first-order valence-electron chi connectivity index (χ1n) is 35.8. The van der Waals surface area contributed by atoms with E-state index in [2.05, 4.69) is 110 Å². The highest BCUT2D eigenvalue weighted by atomic mass is 16.2. The van der Waals surface area contributed by atoms with Gasteiger partial charge in [0.25, 0.3) is 0 Å². The molecule has 17 amide bonds. The van der Waals surface area contributed by atoms with Gasteiger partial charge in [-0.05, 0) is 113 Å². The molecule has 0 aliphatic rings. The van der Waals surface area contributed by atoms with Crippen molar-refractivity contribution in [1.82, 2.24) is 95.0 Å². The van der Waals surface area contributed by atoms with Gasteiger partial charge in [0.1, 0.15) is 0 Å². The van der Waals surface area contributed by atoms with Crippen LogP contribution in [0.25, 0.3) is 21.8 Å². The second-order valence-electron chi connectivity index (χ2n) is 27.3. The van der Waals surface area contributed by atoms with Gasteiger partial charge in [0.15, 0.2) is 17.9 Å². The van der Waals surface area contributed by atoms with Crippen LogP contribution in [0.15, 0.2) is 75.9 Å². The molecule has 0 aliphatic heterocycles. The molecule has 2 aromatic carbocycles. The molecular formula is C68H118N28O9. The molecule has 37 heteroatoms. The molecule has 0 aliphatic carbocycles. The Hall–Kier alpha value is -11.0. The Bertz CT molecular complexity index is 3450. The molecule has 4 aromatic rings. The lowest BCUT2D eigenvalue weighted by atomic mass is 9.99. The van der Waals surface area contributed by atoms with Gasteiger partial charge in [-0.3, -0.25) is 19.8 Å². The number of carbonyl (C=O) groups excluding carboxylic acids is 9. The van der Waals surface area contributed by atoms with Gasteiger partial charge in [0.05, 0.1) is 24.2 Å². The van der Waals surface area contributed by atoms with Gasteiger partial charge in [-0.1, -0.05) is 77.9 Å². The number of fused-ring (bicyclic) bond motifs is 2. The fourth-order valence-corrected chi connectivity index (χ4v) is 11.1. The van der Waals surface area contributed by atoms with E-state index in [1.54, 1.807) is 0 Å². The van der Waals surface area contributed by atoms with Gasteiger partial charge in [0, 0.05) is 136 Å². The van der Waals surface area contributed by atoms with E-state index in [-0.39, 0.29) is 138 Å². The zero-order valence-corrected chi connectivity index (χ0v) is 61.9. The normalized spacial score (nSPS) is 13.4. The average Bonchev–Trinajstić information content (AvgIpc) is 1.70. The monoisotopic (exact) mass is 1470 g/mol. The molecule has 2 aromatic heterocycles. The number of benzene rings is 2. The highest BCUT2D eigenvalue weighted by molar-refractivity contribution is 5.85. The number of rotatable bonds is 45. The van der Waals surface area contributed by atoms with Crippen molar-refractivity contribution in [3.05, 3.63) is 72.1 Å². The molecule has 0 saturated carbocycles. The Morgan fingerprint density at radius 3 is 0.971 bits per heavy atom. The molecule has 0 spiro atoms. The molecule has 0 fully saturated rings. The minimum Gasteiger partial charge on any atom is -0.370 e. The number of urea groups is 8. The predicted molar refractivity (Wildman–Crippen MR) is 410 cm³/mol. The summed E-state index contributed by atoms with van der Waals surface area (Å²) in [5.74, 6) is -0.986. The Morgan fingerprint density at radius 1 is 0.352 bits per heavy atom. The van der Waals surface area contributed by atoms with Gasteiger partial charge >= 0.3 is 48.2 Å². The van der Waals surface area contributed by atoms with E-state index in [9.17, 15) is 43.2 Å². The number of nitrogens with zero attached hydrogens (tertiary/aromatic N) is 3. The fraction of sp³-hybridized carbons (Fsp3) is 0.588. The van der Waals surface area contributed by atoms with Gasteiger partial charge in [-0.15, -0.1) is 0 Å². The summed E-state index contributed by atoms with van der Waals surface area (Å²) >= 11 is 0. The maximum Gasteiger partial charge on any atom is 0.315 e. The Morgan fingerprint density at radius 2 is 0.648 bits per heavy atom. The van der Waals surface area contributed by atoms with Crippen molar-refractivity contribution in [3.63, 3.8) is 0 Å². The summed E-state index contributed by atoms with van der Waals surface area (Å²) in [5, 5.41) is 48.1. The van der Waals surface area contributed by atoms with E-state index >= 15 is 0 Å². The lowest BCUT2D eigenvalue weighted by Crippen LogP contribution is -2.56. The molecule has 105 heavy (non-hydrogen) atoms. The predicted octanol–water partition coefficient (Wildman–Crippen LogP) is 0.580. The second-order valence-corrected chi connectivity index (χ2v) is 27.3. The first kappa shape index (κ1) is 86.4. The van der Waals surface area contributed by atoms with Crippen molar-refractivity contribution in [3.8, 4) is 0 Å². The van der Waals surface area contributed by atoms with Gasteiger partial charge in [-0.2, -0.15) is 0 Å². The van der Waals surface area contributed by atoms with E-state index in [0.29, 0.717) is 51.4 Å². The standard InChI is InChI=1S/C68H118N28O9/c1-39(2)52(23-24-57(69)97)94-66(103)83-34-47(18-15-27-78-60(74)75)89-61(98)84-35-48(28-43-30-79-53-21-11-9-19-50(43)53)92-62(99)81-32-45(16-13-25-76-58(70)71)90-64(101)86-37-55(40(3)4)95-67(104)85-36-49(29-44-31-80-54-22-12-10-20-51(44)54)93-63(100)82-33-46(17-14-26-77-59(72)73)91-65(102)87-38-56(41(5)6)96-68(105)88-42(7)8/h9-12,19-22,30-31,39-42,45-49,52,55-56,79-80H,13-18,23-29,32-38H2,1-8H3,(H2,69,97)(H4,70,71,76)(H4,72,73,77)(H4,74,75,78)(H2,81,92,99)(H2,82,93,100)(H2,83,94,103)(H2,84,89,98)(H2,85,95,104)(H2,86,90,101)(H2,87,91,102)(H2,88,96,105)/t45-,46-,47-,48-,49-,52+,55+,56+/m0/s1. The number of para-hydroxylation sites is 2. The summed E-state index contributed by atoms with van der Waals surface area (Å²) < 4.78 is 0. The molecule has 0 bridgehead atoms. The maximum atomic E-state index is 14.0. The topological polar surface area (TPSA) is 597 Å². The number of nitrogens with two attached hydrogens (primary N) is 7. The number of hydrogen-bond acceptors (Lipinski definition) is 12. The van der Waals surface area contributed by atoms with Crippen LogP contribution < -0.4 is 125 Å². The molecule has 8 atom stereocenters. The smallest absolute Gasteiger partial charge is 0.315 e. The largest absolute Gasteiger partial charge is 0.370 e.